The van der Waals surface area contributed by atoms with Crippen LogP contribution in [0.4, 0.5) is 4.39 Å². The van der Waals surface area contributed by atoms with E-state index in [-0.39, 0.29) is 11.6 Å². The number of nitrogens with zero attached hydrogens (tertiary/aromatic N) is 1. The van der Waals surface area contributed by atoms with Crippen LogP contribution < -0.4 is 0 Å². The fraction of sp³-hybridized carbons (Fsp3) is 0.0769. The summed E-state index contributed by atoms with van der Waals surface area (Å²) in [6.07, 6.45) is 3.05. The van der Waals surface area contributed by atoms with Gasteiger partial charge in [-0.1, -0.05) is 12.1 Å². The van der Waals surface area contributed by atoms with Crippen LogP contribution in [0, 0.1) is 12.7 Å². The van der Waals surface area contributed by atoms with Crippen LogP contribution in [-0.2, 0) is 0 Å². The average molecular weight is 294 g/mol. The van der Waals surface area contributed by atoms with Crippen LogP contribution in [0.3, 0.4) is 0 Å². The van der Waals surface area contributed by atoms with Gasteiger partial charge in [0.25, 0.3) is 0 Å². The third-order valence-electron chi connectivity index (χ3n) is 2.40. The molecule has 0 saturated heterocycles. The molecule has 0 aliphatic carbocycles. The lowest BCUT2D eigenvalue weighted by Gasteiger charge is -2.03. The molecular weight excluding hydrogens is 285 g/mol. The van der Waals surface area contributed by atoms with Crippen molar-refractivity contribution < 1.29 is 9.18 Å². The highest BCUT2D eigenvalue weighted by Gasteiger charge is 2.11. The lowest BCUT2D eigenvalue weighted by molar-refractivity contribution is 0.103. The predicted molar refractivity (Wildman–Crippen MR) is 66.5 cm³/mol. The molecular formula is C13H9BrFNO. The van der Waals surface area contributed by atoms with Crippen molar-refractivity contribution in [3.8, 4) is 0 Å². The lowest BCUT2D eigenvalue weighted by Crippen LogP contribution is -2.02. The third kappa shape index (κ3) is 2.58. The van der Waals surface area contributed by atoms with Crippen LogP contribution >= 0.6 is 15.9 Å². The summed E-state index contributed by atoms with van der Waals surface area (Å²) in [4.78, 5) is 15.9. The molecule has 2 rings (SSSR count). The molecule has 0 spiro atoms. The molecule has 4 heteroatoms. The molecule has 0 aliphatic rings. The molecule has 17 heavy (non-hydrogen) atoms. The Morgan fingerprint density at radius 1 is 1.24 bits per heavy atom. The number of ketones is 1. The molecule has 0 unspecified atom stereocenters. The molecule has 0 bridgehead atoms. The van der Waals surface area contributed by atoms with Crippen LogP contribution in [0.15, 0.2) is 41.1 Å². The minimum Gasteiger partial charge on any atom is -0.289 e. The predicted octanol–water partition coefficient (Wildman–Crippen LogP) is 3.52. The lowest BCUT2D eigenvalue weighted by atomic mass is 10.0. The first-order chi connectivity index (χ1) is 8.08. The summed E-state index contributed by atoms with van der Waals surface area (Å²) in [5.74, 6) is -0.614. The van der Waals surface area contributed by atoms with Crippen molar-refractivity contribution >= 4 is 21.7 Å². The second kappa shape index (κ2) is 4.75. The normalized spacial score (nSPS) is 10.3. The van der Waals surface area contributed by atoms with Crippen molar-refractivity contribution in [3.63, 3.8) is 0 Å². The molecule has 1 heterocycles. The largest absolute Gasteiger partial charge is 0.289 e. The first kappa shape index (κ1) is 11.9. The smallest absolute Gasteiger partial charge is 0.194 e. The quantitative estimate of drug-likeness (QED) is 0.793. The van der Waals surface area contributed by atoms with Gasteiger partial charge in [-0.15, -0.1) is 0 Å². The Balaban J connectivity index is 2.40. The van der Waals surface area contributed by atoms with Crippen LogP contribution in [-0.4, -0.2) is 10.8 Å². The average Bonchev–Trinajstić information content (AvgIpc) is 2.32. The Labute approximate surface area is 107 Å². The van der Waals surface area contributed by atoms with Crippen LogP contribution in [0.25, 0.3) is 0 Å². The Bertz CT molecular complexity index is 583. The number of benzene rings is 1. The zero-order valence-corrected chi connectivity index (χ0v) is 10.7. The van der Waals surface area contributed by atoms with Crippen molar-refractivity contribution in [1.82, 2.24) is 4.98 Å². The zero-order chi connectivity index (χ0) is 12.4. The van der Waals surface area contributed by atoms with Gasteiger partial charge in [-0.25, -0.2) is 4.39 Å². The van der Waals surface area contributed by atoms with Gasteiger partial charge >= 0.3 is 0 Å². The van der Waals surface area contributed by atoms with Crippen LogP contribution in [0.1, 0.15) is 21.5 Å². The molecule has 0 radical (unpaired) electrons. The minimum absolute atomic E-state index is 0.238. The van der Waals surface area contributed by atoms with Crippen molar-refractivity contribution in [2.24, 2.45) is 0 Å². The summed E-state index contributed by atoms with van der Waals surface area (Å²) < 4.78 is 14.1. The van der Waals surface area contributed by atoms with E-state index in [9.17, 15) is 9.18 Å². The summed E-state index contributed by atoms with van der Waals surface area (Å²) in [6.45, 7) is 1.66. The van der Waals surface area contributed by atoms with Gasteiger partial charge in [0.2, 0.25) is 0 Å². The summed E-state index contributed by atoms with van der Waals surface area (Å²) >= 11 is 3.24. The monoisotopic (exact) mass is 293 g/mol. The molecule has 2 nitrogen and oxygen atoms in total. The van der Waals surface area contributed by atoms with Crippen LogP contribution in [0.5, 0.6) is 0 Å². The standard InChI is InChI=1S/C13H9BrFNO/c1-8-2-3-9(5-12(8)15)13(17)10-4-11(14)7-16-6-10/h2-7H,1H3. The van der Waals surface area contributed by atoms with E-state index in [0.717, 1.165) is 4.47 Å². The summed E-state index contributed by atoms with van der Waals surface area (Å²) in [7, 11) is 0. The topological polar surface area (TPSA) is 30.0 Å². The number of aromatic nitrogens is 1. The SMILES string of the molecule is Cc1ccc(C(=O)c2cncc(Br)c2)cc1F. The Kier molecular flexibility index (Phi) is 3.33. The molecule has 86 valence electrons. The van der Waals surface area contributed by atoms with Gasteiger partial charge in [-0.05, 0) is 40.5 Å². The second-order valence-corrected chi connectivity index (χ2v) is 4.60. The number of hydrogen-bond acceptors (Lipinski definition) is 2. The molecule has 0 fully saturated rings. The second-order valence-electron chi connectivity index (χ2n) is 3.68. The fourth-order valence-corrected chi connectivity index (χ4v) is 1.80. The van der Waals surface area contributed by atoms with E-state index in [1.165, 1.54) is 12.3 Å². The number of halogens is 2. The highest BCUT2D eigenvalue weighted by atomic mass is 79.9. The molecule has 0 amide bonds. The first-order valence-electron chi connectivity index (χ1n) is 4.99. The number of aryl methyl sites for hydroxylation is 1. The van der Waals surface area contributed by atoms with Crippen molar-refractivity contribution in [3.05, 3.63) is 63.6 Å². The molecule has 0 saturated carbocycles. The maximum absolute atomic E-state index is 13.4. The number of hydrogen-bond donors (Lipinski definition) is 0. The van der Waals surface area contributed by atoms with Crippen molar-refractivity contribution in [1.29, 1.82) is 0 Å². The van der Waals surface area contributed by atoms with Crippen molar-refractivity contribution in [2.45, 2.75) is 6.92 Å². The van der Waals surface area contributed by atoms with Gasteiger partial charge in [0.05, 0.1) is 0 Å². The van der Waals surface area contributed by atoms with Crippen LogP contribution in [0.2, 0.25) is 0 Å². The highest BCUT2D eigenvalue weighted by Crippen LogP contribution is 2.16. The van der Waals surface area contributed by atoms with Gasteiger partial charge < -0.3 is 0 Å². The van der Waals surface area contributed by atoms with E-state index in [1.54, 1.807) is 31.3 Å². The third-order valence-corrected chi connectivity index (χ3v) is 2.83. The molecule has 0 N–H and O–H groups in total. The number of pyridine rings is 1. The number of carbonyl (C=O) groups excluding carboxylic acids is 1. The van der Waals surface area contributed by atoms with E-state index >= 15 is 0 Å². The Morgan fingerprint density at radius 3 is 2.65 bits per heavy atom. The first-order valence-corrected chi connectivity index (χ1v) is 5.78. The molecule has 1 aromatic carbocycles. The van der Waals surface area contributed by atoms with Gasteiger partial charge in [0, 0.05) is 28.0 Å². The summed E-state index contributed by atoms with van der Waals surface area (Å²) in [5.41, 5.74) is 1.28. The van der Waals surface area contributed by atoms with Crippen molar-refractivity contribution in [2.75, 3.05) is 0 Å². The van der Waals surface area contributed by atoms with E-state index in [2.05, 4.69) is 20.9 Å². The van der Waals surface area contributed by atoms with E-state index in [1.807, 2.05) is 0 Å². The minimum atomic E-state index is -0.376. The molecule has 1 aromatic heterocycles. The number of carbonyl (C=O) groups is 1. The Hall–Kier alpha value is -1.55. The van der Waals surface area contributed by atoms with Gasteiger partial charge in [0.15, 0.2) is 5.78 Å². The number of rotatable bonds is 2. The van der Waals surface area contributed by atoms with Gasteiger partial charge in [0.1, 0.15) is 5.82 Å². The molecule has 0 atom stereocenters. The van der Waals surface area contributed by atoms with Gasteiger partial charge in [-0.3, -0.25) is 9.78 Å². The molecule has 0 aliphatic heterocycles. The van der Waals surface area contributed by atoms with Gasteiger partial charge in [-0.2, -0.15) is 0 Å². The zero-order valence-electron chi connectivity index (χ0n) is 9.08. The maximum Gasteiger partial charge on any atom is 0.194 e. The van der Waals surface area contributed by atoms with E-state index in [4.69, 9.17) is 0 Å². The maximum atomic E-state index is 13.4. The van der Waals surface area contributed by atoms with E-state index in [0.29, 0.717) is 16.7 Å². The summed E-state index contributed by atoms with van der Waals surface area (Å²) in [6, 6.07) is 6.11. The summed E-state index contributed by atoms with van der Waals surface area (Å²) in [5, 5.41) is 0. The fourth-order valence-electron chi connectivity index (χ4n) is 1.44. The highest BCUT2D eigenvalue weighted by molar-refractivity contribution is 9.10. The Morgan fingerprint density at radius 2 is 2.00 bits per heavy atom. The molecule has 2 aromatic rings. The van der Waals surface area contributed by atoms with E-state index < -0.39 is 0 Å².